The van der Waals surface area contributed by atoms with Gasteiger partial charge < -0.3 is 25.8 Å². The molecule has 0 fully saturated rings. The summed E-state index contributed by atoms with van der Waals surface area (Å²) in [6, 6.07) is 19.7. The number of nitrogens with one attached hydrogen (secondary N) is 3. The lowest BCUT2D eigenvalue weighted by molar-refractivity contribution is 0.0913. The Morgan fingerprint density at radius 3 is 2.42 bits per heavy atom. The topological polar surface area (TPSA) is 99.7 Å². The van der Waals surface area contributed by atoms with Crippen LogP contribution in [0.15, 0.2) is 73.3 Å². The third-order valence-corrected chi connectivity index (χ3v) is 5.74. The van der Waals surface area contributed by atoms with Gasteiger partial charge in [-0.25, -0.2) is 0 Å². The van der Waals surface area contributed by atoms with Crippen molar-refractivity contribution in [3.8, 4) is 5.75 Å². The lowest BCUT2D eigenvalue weighted by Crippen LogP contribution is -2.37. The van der Waals surface area contributed by atoms with Crippen molar-refractivity contribution in [3.05, 3.63) is 95.6 Å². The molecule has 0 aliphatic carbocycles. The fourth-order valence-electron chi connectivity index (χ4n) is 3.92. The van der Waals surface area contributed by atoms with E-state index < -0.39 is 6.04 Å². The van der Waals surface area contributed by atoms with E-state index in [1.54, 1.807) is 43.4 Å². The maximum atomic E-state index is 13.3. The summed E-state index contributed by atoms with van der Waals surface area (Å²) in [6.07, 6.45) is 0.404. The number of amides is 2. The Hall–Kier alpha value is -4.10. The largest absolute Gasteiger partial charge is 0.493 e. The summed E-state index contributed by atoms with van der Waals surface area (Å²) in [5.41, 5.74) is 5.14. The van der Waals surface area contributed by atoms with Crippen molar-refractivity contribution < 1.29 is 19.4 Å². The molecule has 36 heavy (non-hydrogen) atoms. The second-order valence-corrected chi connectivity index (χ2v) is 8.40. The minimum atomic E-state index is -0.514. The summed E-state index contributed by atoms with van der Waals surface area (Å²) in [5.74, 6) is -0.111. The molecular weight excluding hydrogens is 454 g/mol. The zero-order chi connectivity index (χ0) is 26.1. The SMILES string of the molecule is C=C(CC(CO)NC(=O)c1cc(Nc2cccc(C(=O)NC)c2)ccc1OCC)c1ccccc1C. The number of benzene rings is 3. The van der Waals surface area contributed by atoms with Gasteiger partial charge in [0.1, 0.15) is 5.75 Å². The molecule has 4 N–H and O–H groups in total. The van der Waals surface area contributed by atoms with Gasteiger partial charge in [0, 0.05) is 24.0 Å². The van der Waals surface area contributed by atoms with Crippen molar-refractivity contribution in [3.63, 3.8) is 0 Å². The first-order valence-corrected chi connectivity index (χ1v) is 11.9. The van der Waals surface area contributed by atoms with Gasteiger partial charge in [-0.2, -0.15) is 0 Å². The molecule has 0 bridgehead atoms. The van der Waals surface area contributed by atoms with E-state index >= 15 is 0 Å². The van der Waals surface area contributed by atoms with E-state index in [4.69, 9.17) is 4.74 Å². The number of aliphatic hydroxyl groups excluding tert-OH is 1. The highest BCUT2D eigenvalue weighted by Gasteiger charge is 2.19. The fourth-order valence-corrected chi connectivity index (χ4v) is 3.92. The summed E-state index contributed by atoms with van der Waals surface area (Å²) in [4.78, 5) is 25.2. The third-order valence-electron chi connectivity index (χ3n) is 5.74. The summed E-state index contributed by atoms with van der Waals surface area (Å²) in [7, 11) is 1.58. The van der Waals surface area contributed by atoms with E-state index in [2.05, 4.69) is 22.5 Å². The van der Waals surface area contributed by atoms with Crippen LogP contribution in [0.4, 0.5) is 11.4 Å². The van der Waals surface area contributed by atoms with Gasteiger partial charge in [0.15, 0.2) is 0 Å². The van der Waals surface area contributed by atoms with Crippen LogP contribution in [0.1, 0.15) is 45.2 Å². The molecule has 0 heterocycles. The van der Waals surface area contributed by atoms with Crippen molar-refractivity contribution in [2.45, 2.75) is 26.3 Å². The van der Waals surface area contributed by atoms with Gasteiger partial charge in [-0.05, 0) is 73.4 Å². The van der Waals surface area contributed by atoms with Crippen molar-refractivity contribution >= 4 is 28.8 Å². The average molecular weight is 488 g/mol. The van der Waals surface area contributed by atoms with Gasteiger partial charge in [0.05, 0.1) is 24.8 Å². The maximum absolute atomic E-state index is 13.3. The molecule has 3 aromatic rings. The Labute approximate surface area is 212 Å². The van der Waals surface area contributed by atoms with E-state index in [-0.39, 0.29) is 18.4 Å². The highest BCUT2D eigenvalue weighted by Crippen LogP contribution is 2.27. The van der Waals surface area contributed by atoms with Crippen LogP contribution in [-0.2, 0) is 0 Å². The van der Waals surface area contributed by atoms with Gasteiger partial charge in [-0.15, -0.1) is 0 Å². The number of carbonyl (C=O) groups excluding carboxylic acids is 2. The predicted molar refractivity (Wildman–Crippen MR) is 144 cm³/mol. The Morgan fingerprint density at radius 2 is 1.72 bits per heavy atom. The smallest absolute Gasteiger partial charge is 0.255 e. The molecule has 0 saturated heterocycles. The van der Waals surface area contributed by atoms with E-state index in [0.29, 0.717) is 41.3 Å². The molecule has 7 heteroatoms. The number of aliphatic hydroxyl groups is 1. The highest BCUT2D eigenvalue weighted by atomic mass is 16.5. The molecule has 3 aromatic carbocycles. The van der Waals surface area contributed by atoms with Crippen LogP contribution >= 0.6 is 0 Å². The number of aryl methyl sites for hydroxylation is 1. The van der Waals surface area contributed by atoms with Crippen LogP contribution in [0.25, 0.3) is 5.57 Å². The van der Waals surface area contributed by atoms with Crippen molar-refractivity contribution in [2.75, 3.05) is 25.6 Å². The van der Waals surface area contributed by atoms with Crippen LogP contribution < -0.4 is 20.7 Å². The average Bonchev–Trinajstić information content (AvgIpc) is 2.89. The molecule has 1 unspecified atom stereocenters. The molecule has 7 nitrogen and oxygen atoms in total. The monoisotopic (exact) mass is 487 g/mol. The van der Waals surface area contributed by atoms with Gasteiger partial charge in [-0.3, -0.25) is 9.59 Å². The first-order valence-electron chi connectivity index (χ1n) is 11.9. The summed E-state index contributed by atoms with van der Waals surface area (Å²) in [6.45, 7) is 8.18. The van der Waals surface area contributed by atoms with Crippen LogP contribution in [0.3, 0.4) is 0 Å². The Bertz CT molecular complexity index is 1240. The molecule has 1 atom stereocenters. The number of carbonyl (C=O) groups is 2. The van der Waals surface area contributed by atoms with Gasteiger partial charge in [0.25, 0.3) is 11.8 Å². The zero-order valence-corrected chi connectivity index (χ0v) is 20.9. The van der Waals surface area contributed by atoms with Crippen LogP contribution in [0.2, 0.25) is 0 Å². The van der Waals surface area contributed by atoms with E-state index in [1.807, 2.05) is 44.2 Å². The van der Waals surface area contributed by atoms with E-state index in [0.717, 1.165) is 16.7 Å². The Morgan fingerprint density at radius 1 is 0.972 bits per heavy atom. The van der Waals surface area contributed by atoms with E-state index in [1.165, 1.54) is 0 Å². The first kappa shape index (κ1) is 26.5. The van der Waals surface area contributed by atoms with Gasteiger partial charge in [-0.1, -0.05) is 36.9 Å². The van der Waals surface area contributed by atoms with Crippen LogP contribution in [0.5, 0.6) is 5.75 Å². The third kappa shape index (κ3) is 6.73. The lowest BCUT2D eigenvalue weighted by atomic mass is 9.96. The lowest BCUT2D eigenvalue weighted by Gasteiger charge is -2.20. The van der Waals surface area contributed by atoms with Crippen LogP contribution in [0, 0.1) is 6.92 Å². The minimum Gasteiger partial charge on any atom is -0.493 e. The second-order valence-electron chi connectivity index (χ2n) is 8.40. The highest BCUT2D eigenvalue weighted by molar-refractivity contribution is 5.98. The molecule has 0 aromatic heterocycles. The molecule has 0 spiro atoms. The van der Waals surface area contributed by atoms with Gasteiger partial charge in [0.2, 0.25) is 0 Å². The fraction of sp³-hybridized carbons (Fsp3) is 0.241. The number of ether oxygens (including phenoxy) is 1. The summed E-state index contributed by atoms with van der Waals surface area (Å²) in [5, 5.41) is 18.7. The number of rotatable bonds is 11. The number of hydrogen-bond acceptors (Lipinski definition) is 5. The number of anilines is 2. The van der Waals surface area contributed by atoms with E-state index in [9.17, 15) is 14.7 Å². The standard InChI is InChI=1S/C29H33N3O4/c1-5-36-27-14-13-23(31-22-11-8-10-21(16-22)28(34)30-4)17-26(27)29(35)32-24(18-33)15-20(3)25-12-7-6-9-19(25)2/h6-14,16-17,24,31,33H,3,5,15,18H2,1-2,4H3,(H,30,34)(H,32,35). The molecular formula is C29H33N3O4. The Kier molecular flexibility index (Phi) is 9.25. The predicted octanol–water partition coefficient (Wildman–Crippen LogP) is 4.69. The first-order chi connectivity index (χ1) is 17.4. The van der Waals surface area contributed by atoms with Crippen molar-refractivity contribution in [2.24, 2.45) is 0 Å². The normalized spacial score (nSPS) is 11.3. The molecule has 0 saturated carbocycles. The van der Waals surface area contributed by atoms with Crippen molar-refractivity contribution in [1.82, 2.24) is 10.6 Å². The molecule has 2 amide bonds. The van der Waals surface area contributed by atoms with Crippen LogP contribution in [-0.4, -0.2) is 43.2 Å². The second kappa shape index (κ2) is 12.6. The number of hydrogen-bond donors (Lipinski definition) is 4. The molecule has 3 rings (SSSR count). The quantitative estimate of drug-likeness (QED) is 0.314. The summed E-state index contributed by atoms with van der Waals surface area (Å²) < 4.78 is 5.69. The molecule has 188 valence electrons. The summed E-state index contributed by atoms with van der Waals surface area (Å²) >= 11 is 0. The Balaban J connectivity index is 1.79. The molecule has 0 aliphatic heterocycles. The van der Waals surface area contributed by atoms with Crippen molar-refractivity contribution in [1.29, 1.82) is 0 Å². The maximum Gasteiger partial charge on any atom is 0.255 e. The zero-order valence-electron chi connectivity index (χ0n) is 20.9. The van der Waals surface area contributed by atoms with Gasteiger partial charge >= 0.3 is 0 Å². The minimum absolute atomic E-state index is 0.187. The molecule has 0 radical (unpaired) electrons. The molecule has 0 aliphatic rings.